The number of amides is 2. The van der Waals surface area contributed by atoms with Crippen molar-refractivity contribution in [3.63, 3.8) is 0 Å². The fraction of sp³-hybridized carbons (Fsp3) is 0.217. The van der Waals surface area contributed by atoms with E-state index in [1.165, 1.54) is 6.26 Å². The molecule has 1 aliphatic heterocycles. The zero-order chi connectivity index (χ0) is 19.5. The average Bonchev–Trinajstić information content (AvgIpc) is 3.27. The predicted molar refractivity (Wildman–Crippen MR) is 107 cm³/mol. The lowest BCUT2D eigenvalue weighted by Crippen LogP contribution is -2.50. The maximum Gasteiger partial charge on any atom is 0.290 e. The lowest BCUT2D eigenvalue weighted by atomic mass is 9.93. The lowest BCUT2D eigenvalue weighted by molar-refractivity contribution is -0.121. The van der Waals surface area contributed by atoms with Crippen LogP contribution in [0, 0.1) is 0 Å². The highest BCUT2D eigenvalue weighted by Crippen LogP contribution is 2.26. The Hall–Kier alpha value is -3.34. The molecule has 28 heavy (non-hydrogen) atoms. The Balaban J connectivity index is 1.65. The second-order valence-corrected chi connectivity index (χ2v) is 6.90. The molecule has 0 aliphatic carbocycles. The summed E-state index contributed by atoms with van der Waals surface area (Å²) in [5.74, 6) is -0.218. The van der Waals surface area contributed by atoms with Crippen molar-refractivity contribution < 1.29 is 14.0 Å². The van der Waals surface area contributed by atoms with Crippen LogP contribution < -0.4 is 5.32 Å². The molecule has 0 saturated heterocycles. The van der Waals surface area contributed by atoms with Crippen LogP contribution in [0.1, 0.15) is 34.2 Å². The number of rotatable bonds is 4. The molecule has 1 aliphatic rings. The van der Waals surface area contributed by atoms with Crippen LogP contribution >= 0.6 is 0 Å². The molecule has 5 heteroatoms. The Labute approximate surface area is 164 Å². The number of para-hydroxylation sites is 1. The average molecular weight is 374 g/mol. The standard InChI is InChI=1S/C23H22N2O3/c1-2-16-8-5-6-11-19(16)24-22(26)20-14-17-9-3-4-10-18(17)15-25(20)23(27)21-12-7-13-28-21/h3-13,20H,2,14-15H2,1H3,(H,24,26)/t20-/m1/s1. The van der Waals surface area contributed by atoms with Gasteiger partial charge in [-0.3, -0.25) is 9.59 Å². The summed E-state index contributed by atoms with van der Waals surface area (Å²) >= 11 is 0. The van der Waals surface area contributed by atoms with E-state index in [1.54, 1.807) is 17.0 Å². The quantitative estimate of drug-likeness (QED) is 0.749. The first kappa shape index (κ1) is 18.0. The molecule has 3 aromatic rings. The number of hydrogen-bond acceptors (Lipinski definition) is 3. The number of benzene rings is 2. The minimum atomic E-state index is -0.600. The van der Waals surface area contributed by atoms with E-state index in [-0.39, 0.29) is 17.6 Å². The van der Waals surface area contributed by atoms with E-state index in [9.17, 15) is 9.59 Å². The van der Waals surface area contributed by atoms with Gasteiger partial charge in [0.25, 0.3) is 5.91 Å². The van der Waals surface area contributed by atoms with Crippen molar-refractivity contribution in [2.24, 2.45) is 0 Å². The molecule has 2 heterocycles. The van der Waals surface area contributed by atoms with Crippen LogP contribution in [0.3, 0.4) is 0 Å². The van der Waals surface area contributed by atoms with Gasteiger partial charge in [-0.15, -0.1) is 0 Å². The molecule has 0 radical (unpaired) electrons. The van der Waals surface area contributed by atoms with E-state index >= 15 is 0 Å². The third kappa shape index (κ3) is 3.43. The molecule has 1 atom stereocenters. The third-order valence-corrected chi connectivity index (χ3v) is 5.20. The molecule has 1 aromatic heterocycles. The Morgan fingerprint density at radius 2 is 1.79 bits per heavy atom. The highest BCUT2D eigenvalue weighted by Gasteiger charge is 2.36. The lowest BCUT2D eigenvalue weighted by Gasteiger charge is -2.35. The number of nitrogens with one attached hydrogen (secondary N) is 1. The Kier molecular flexibility index (Phi) is 4.98. The highest BCUT2D eigenvalue weighted by atomic mass is 16.3. The van der Waals surface area contributed by atoms with Gasteiger partial charge in [0.15, 0.2) is 5.76 Å². The molecule has 1 N–H and O–H groups in total. The minimum absolute atomic E-state index is 0.185. The van der Waals surface area contributed by atoms with E-state index in [4.69, 9.17) is 4.42 Å². The number of carbonyl (C=O) groups excluding carboxylic acids is 2. The summed E-state index contributed by atoms with van der Waals surface area (Å²) in [5, 5.41) is 3.03. The Bertz CT molecular complexity index is 995. The second kappa shape index (κ2) is 7.72. The number of anilines is 1. The van der Waals surface area contributed by atoms with Gasteiger partial charge in [-0.1, -0.05) is 49.4 Å². The van der Waals surface area contributed by atoms with Crippen LogP contribution in [0.25, 0.3) is 0 Å². The largest absolute Gasteiger partial charge is 0.459 e. The first-order valence-electron chi connectivity index (χ1n) is 9.47. The highest BCUT2D eigenvalue weighted by molar-refractivity contribution is 6.01. The number of furan rings is 1. The van der Waals surface area contributed by atoms with Crippen molar-refractivity contribution in [1.82, 2.24) is 4.90 Å². The number of hydrogen-bond donors (Lipinski definition) is 1. The summed E-state index contributed by atoms with van der Waals surface area (Å²) in [4.78, 5) is 27.8. The fourth-order valence-corrected chi connectivity index (χ4v) is 3.68. The van der Waals surface area contributed by atoms with Crippen molar-refractivity contribution >= 4 is 17.5 Å². The molecule has 5 nitrogen and oxygen atoms in total. The van der Waals surface area contributed by atoms with E-state index in [1.807, 2.05) is 48.5 Å². The minimum Gasteiger partial charge on any atom is -0.459 e. The van der Waals surface area contributed by atoms with Gasteiger partial charge < -0.3 is 14.6 Å². The Morgan fingerprint density at radius 3 is 2.54 bits per heavy atom. The Morgan fingerprint density at radius 1 is 1.04 bits per heavy atom. The van der Waals surface area contributed by atoms with Gasteiger partial charge in [-0.25, -0.2) is 0 Å². The van der Waals surface area contributed by atoms with E-state index in [0.29, 0.717) is 13.0 Å². The number of fused-ring (bicyclic) bond motifs is 1. The summed E-state index contributed by atoms with van der Waals surface area (Å²) in [6.07, 6.45) is 2.76. The summed E-state index contributed by atoms with van der Waals surface area (Å²) < 4.78 is 5.30. The van der Waals surface area contributed by atoms with Gasteiger partial charge in [0.2, 0.25) is 5.91 Å². The van der Waals surface area contributed by atoms with Crippen LogP contribution in [0.5, 0.6) is 0 Å². The van der Waals surface area contributed by atoms with Gasteiger partial charge >= 0.3 is 0 Å². The van der Waals surface area contributed by atoms with E-state index in [0.717, 1.165) is 28.8 Å². The van der Waals surface area contributed by atoms with Crippen LogP contribution in [0.15, 0.2) is 71.3 Å². The topological polar surface area (TPSA) is 62.6 Å². The summed E-state index contributed by atoms with van der Waals surface area (Å²) in [6.45, 7) is 2.43. The zero-order valence-corrected chi connectivity index (χ0v) is 15.7. The number of aryl methyl sites for hydroxylation is 1. The van der Waals surface area contributed by atoms with Crippen molar-refractivity contribution in [2.75, 3.05) is 5.32 Å². The molecule has 0 unspecified atom stereocenters. The molecule has 0 bridgehead atoms. The third-order valence-electron chi connectivity index (χ3n) is 5.20. The van der Waals surface area contributed by atoms with Crippen LogP contribution in [0.2, 0.25) is 0 Å². The molecule has 0 spiro atoms. The maximum atomic E-state index is 13.2. The van der Waals surface area contributed by atoms with Crippen molar-refractivity contribution in [3.8, 4) is 0 Å². The molecular weight excluding hydrogens is 352 g/mol. The molecule has 0 fully saturated rings. The molecule has 2 aromatic carbocycles. The van der Waals surface area contributed by atoms with Crippen molar-refractivity contribution in [1.29, 1.82) is 0 Å². The summed E-state index contributed by atoms with van der Waals surface area (Å²) in [6, 6.07) is 18.4. The van der Waals surface area contributed by atoms with Gasteiger partial charge in [0.05, 0.1) is 6.26 Å². The maximum absolute atomic E-state index is 13.2. The fourth-order valence-electron chi connectivity index (χ4n) is 3.68. The molecule has 0 saturated carbocycles. The second-order valence-electron chi connectivity index (χ2n) is 6.90. The predicted octanol–water partition coefficient (Wildman–Crippen LogP) is 4.05. The smallest absolute Gasteiger partial charge is 0.290 e. The van der Waals surface area contributed by atoms with Gasteiger partial charge in [0, 0.05) is 18.7 Å². The van der Waals surface area contributed by atoms with Gasteiger partial charge in [-0.2, -0.15) is 0 Å². The van der Waals surface area contributed by atoms with Crippen LogP contribution in [-0.2, 0) is 24.2 Å². The molecule has 2 amide bonds. The first-order valence-corrected chi connectivity index (χ1v) is 9.47. The molecule has 142 valence electrons. The molecule has 4 rings (SSSR count). The number of carbonyl (C=O) groups is 2. The molecular formula is C23H22N2O3. The number of nitrogens with zero attached hydrogens (tertiary/aromatic N) is 1. The summed E-state index contributed by atoms with van der Waals surface area (Å²) in [5.41, 5.74) is 4.01. The summed E-state index contributed by atoms with van der Waals surface area (Å²) in [7, 11) is 0. The van der Waals surface area contributed by atoms with E-state index < -0.39 is 6.04 Å². The zero-order valence-electron chi connectivity index (χ0n) is 15.7. The van der Waals surface area contributed by atoms with Gasteiger partial charge in [0.1, 0.15) is 6.04 Å². The van der Waals surface area contributed by atoms with Crippen LogP contribution in [0.4, 0.5) is 5.69 Å². The van der Waals surface area contributed by atoms with Crippen molar-refractivity contribution in [2.45, 2.75) is 32.4 Å². The normalized spacial score (nSPS) is 15.8. The van der Waals surface area contributed by atoms with E-state index in [2.05, 4.69) is 12.2 Å². The monoisotopic (exact) mass is 374 g/mol. The van der Waals surface area contributed by atoms with Crippen molar-refractivity contribution in [3.05, 3.63) is 89.4 Å². The van der Waals surface area contributed by atoms with Gasteiger partial charge in [-0.05, 0) is 41.3 Å². The SMILES string of the molecule is CCc1ccccc1NC(=O)[C@H]1Cc2ccccc2CN1C(=O)c1ccco1. The van der Waals surface area contributed by atoms with Crippen LogP contribution in [-0.4, -0.2) is 22.8 Å². The first-order chi connectivity index (χ1) is 13.7.